The molecule has 2 heterocycles. The fourth-order valence-corrected chi connectivity index (χ4v) is 5.80. The number of pyridine rings is 2. The van der Waals surface area contributed by atoms with Crippen molar-refractivity contribution in [2.75, 3.05) is 5.32 Å². The first-order chi connectivity index (χ1) is 15.8. The van der Waals surface area contributed by atoms with Crippen LogP contribution in [0.2, 0.25) is 0 Å². The van der Waals surface area contributed by atoms with Crippen molar-refractivity contribution < 1.29 is 14.3 Å². The van der Waals surface area contributed by atoms with Gasteiger partial charge in [-0.1, -0.05) is 0 Å². The lowest BCUT2D eigenvalue weighted by atomic mass is 9.83. The van der Waals surface area contributed by atoms with Crippen molar-refractivity contribution in [1.29, 1.82) is 5.26 Å². The number of carbonyl (C=O) groups excluding carboxylic acids is 1. The third-order valence-electron chi connectivity index (χ3n) is 7.58. The normalized spacial score (nSPS) is 25.9. The van der Waals surface area contributed by atoms with E-state index in [1.54, 1.807) is 31.3 Å². The van der Waals surface area contributed by atoms with Gasteiger partial charge in [-0.25, -0.2) is 9.37 Å². The van der Waals surface area contributed by atoms with E-state index in [9.17, 15) is 14.3 Å². The van der Waals surface area contributed by atoms with Gasteiger partial charge in [-0.05, 0) is 98.2 Å². The Bertz CT molecular complexity index is 1240. The molecule has 2 fully saturated rings. The third-order valence-corrected chi connectivity index (χ3v) is 7.58. The van der Waals surface area contributed by atoms with Crippen LogP contribution in [0.5, 0.6) is 0 Å². The average molecular weight is 445 g/mol. The van der Waals surface area contributed by atoms with Gasteiger partial charge in [-0.15, -0.1) is 0 Å². The highest BCUT2D eigenvalue weighted by molar-refractivity contribution is 5.97. The molecule has 3 unspecified atom stereocenters. The molecule has 0 bridgehead atoms. The quantitative estimate of drug-likeness (QED) is 0.615. The highest BCUT2D eigenvalue weighted by Gasteiger charge is 2.50. The Balaban J connectivity index is 1.27. The second-order valence-electron chi connectivity index (χ2n) is 9.56. The molecule has 33 heavy (non-hydrogen) atoms. The van der Waals surface area contributed by atoms with E-state index in [-0.39, 0.29) is 17.4 Å². The van der Waals surface area contributed by atoms with Crippen LogP contribution in [0.25, 0.3) is 10.9 Å². The maximum atomic E-state index is 13.9. The van der Waals surface area contributed by atoms with Crippen molar-refractivity contribution in [1.82, 2.24) is 9.97 Å². The molecule has 1 amide bonds. The van der Waals surface area contributed by atoms with Gasteiger partial charge in [0.2, 0.25) is 0 Å². The smallest absolute Gasteiger partial charge is 0.256 e. The first-order valence-corrected chi connectivity index (χ1v) is 11.3. The Hall–Kier alpha value is -3.37. The lowest BCUT2D eigenvalue weighted by Gasteiger charge is -2.30. The monoisotopic (exact) mass is 444 g/mol. The Kier molecular flexibility index (Phi) is 5.34. The van der Waals surface area contributed by atoms with Crippen LogP contribution in [0.15, 0.2) is 48.8 Å². The average Bonchev–Trinajstić information content (AvgIpc) is 3.39. The summed E-state index contributed by atoms with van der Waals surface area (Å²) >= 11 is 0. The van der Waals surface area contributed by atoms with E-state index in [0.717, 1.165) is 42.1 Å². The number of amides is 1. The number of hydrogen-bond donors (Lipinski definition) is 2. The Labute approximate surface area is 191 Å². The molecule has 2 aromatic heterocycles. The first-order valence-electron chi connectivity index (χ1n) is 11.3. The Morgan fingerprint density at radius 2 is 1.91 bits per heavy atom. The van der Waals surface area contributed by atoms with Crippen LogP contribution in [0.4, 0.5) is 10.1 Å². The lowest BCUT2D eigenvalue weighted by molar-refractivity contribution is -0.137. The zero-order chi connectivity index (χ0) is 23.2. The molecular formula is C26H25FN4O2. The number of nitriles is 1. The lowest BCUT2D eigenvalue weighted by Crippen LogP contribution is -2.46. The highest BCUT2D eigenvalue weighted by Crippen LogP contribution is 2.55. The fourth-order valence-electron chi connectivity index (χ4n) is 5.80. The molecular weight excluding hydrogens is 419 g/mol. The van der Waals surface area contributed by atoms with Crippen molar-refractivity contribution >= 4 is 22.5 Å². The third kappa shape index (κ3) is 3.96. The molecule has 3 aromatic rings. The molecule has 7 heteroatoms. The number of anilines is 1. The minimum absolute atomic E-state index is 0.133. The van der Waals surface area contributed by atoms with Crippen LogP contribution in [-0.2, 0) is 4.79 Å². The summed E-state index contributed by atoms with van der Waals surface area (Å²) in [5.74, 6) is 0.337. The van der Waals surface area contributed by atoms with Gasteiger partial charge in [-0.2, -0.15) is 5.26 Å². The number of carbonyl (C=O) groups is 1. The summed E-state index contributed by atoms with van der Waals surface area (Å²) in [6, 6.07) is 11.8. The molecule has 0 radical (unpaired) electrons. The summed E-state index contributed by atoms with van der Waals surface area (Å²) in [6.07, 6.45) is 6.71. The van der Waals surface area contributed by atoms with Gasteiger partial charge in [-0.3, -0.25) is 9.78 Å². The molecule has 1 aromatic carbocycles. The summed E-state index contributed by atoms with van der Waals surface area (Å²) in [5, 5.41) is 23.6. The zero-order valence-corrected chi connectivity index (χ0v) is 18.3. The number of nitrogens with one attached hydrogen (secondary N) is 1. The van der Waals surface area contributed by atoms with Crippen LogP contribution in [0, 0.1) is 34.9 Å². The van der Waals surface area contributed by atoms with Gasteiger partial charge in [0.25, 0.3) is 5.91 Å². The maximum Gasteiger partial charge on any atom is 0.256 e. The van der Waals surface area contributed by atoms with Crippen LogP contribution >= 0.6 is 0 Å². The van der Waals surface area contributed by atoms with Crippen molar-refractivity contribution in [2.45, 2.75) is 44.1 Å². The van der Waals surface area contributed by atoms with Gasteiger partial charge < -0.3 is 10.4 Å². The standard InChI is InChI=1S/C26H25FN4O2/c1-26(33,25(32)31-21-4-3-20(13-28)30-14-21)18-10-15-8-17(9-16(15)11-18)22-6-7-29-24-5-2-19(27)12-23(22)24/h2-7,12,14-18,33H,8-11H2,1H3,(H,31,32). The molecule has 2 aliphatic carbocycles. The van der Waals surface area contributed by atoms with Crippen molar-refractivity contribution in [3.05, 3.63) is 65.9 Å². The van der Waals surface area contributed by atoms with Crippen LogP contribution in [0.1, 0.15) is 49.8 Å². The zero-order valence-electron chi connectivity index (χ0n) is 18.3. The number of fused-ring (bicyclic) bond motifs is 2. The van der Waals surface area contributed by atoms with Crippen molar-refractivity contribution in [2.24, 2.45) is 17.8 Å². The largest absolute Gasteiger partial charge is 0.380 e. The second-order valence-corrected chi connectivity index (χ2v) is 9.56. The molecule has 0 spiro atoms. The molecule has 0 aliphatic heterocycles. The molecule has 168 valence electrons. The first kappa shape index (κ1) is 21.5. The van der Waals surface area contributed by atoms with E-state index in [2.05, 4.69) is 15.3 Å². The Morgan fingerprint density at radius 1 is 1.15 bits per heavy atom. The highest BCUT2D eigenvalue weighted by atomic mass is 19.1. The van der Waals surface area contributed by atoms with E-state index in [4.69, 9.17) is 5.26 Å². The predicted molar refractivity (Wildman–Crippen MR) is 122 cm³/mol. The van der Waals surface area contributed by atoms with E-state index >= 15 is 0 Å². The number of rotatable bonds is 4. The summed E-state index contributed by atoms with van der Waals surface area (Å²) in [7, 11) is 0. The molecule has 3 atom stereocenters. The fraction of sp³-hybridized carbons (Fsp3) is 0.385. The molecule has 6 nitrogen and oxygen atoms in total. The van der Waals surface area contributed by atoms with E-state index in [1.165, 1.54) is 18.3 Å². The molecule has 2 saturated carbocycles. The summed E-state index contributed by atoms with van der Waals surface area (Å²) in [6.45, 7) is 1.59. The van der Waals surface area contributed by atoms with Crippen molar-refractivity contribution in [3.63, 3.8) is 0 Å². The van der Waals surface area contributed by atoms with Crippen LogP contribution in [-0.4, -0.2) is 26.6 Å². The number of benzene rings is 1. The van der Waals surface area contributed by atoms with Gasteiger partial charge in [0.1, 0.15) is 23.2 Å². The van der Waals surface area contributed by atoms with Crippen LogP contribution in [0.3, 0.4) is 0 Å². The summed E-state index contributed by atoms with van der Waals surface area (Å²) < 4.78 is 13.9. The molecule has 2 aliphatic rings. The molecule has 0 saturated heterocycles. The van der Waals surface area contributed by atoms with Gasteiger partial charge in [0.15, 0.2) is 0 Å². The number of nitrogens with zero attached hydrogens (tertiary/aromatic N) is 3. The molecule has 5 rings (SSSR count). The van der Waals surface area contributed by atoms with Crippen molar-refractivity contribution in [3.8, 4) is 6.07 Å². The topological polar surface area (TPSA) is 98.9 Å². The van der Waals surface area contributed by atoms with E-state index < -0.39 is 11.5 Å². The number of aliphatic hydroxyl groups is 1. The molecule has 2 N–H and O–H groups in total. The Morgan fingerprint density at radius 3 is 2.58 bits per heavy atom. The maximum absolute atomic E-state index is 13.9. The van der Waals surface area contributed by atoms with Crippen LogP contribution < -0.4 is 5.32 Å². The van der Waals surface area contributed by atoms with Gasteiger partial charge >= 0.3 is 0 Å². The summed E-state index contributed by atoms with van der Waals surface area (Å²) in [4.78, 5) is 21.2. The number of aromatic nitrogens is 2. The van der Waals surface area contributed by atoms with E-state index in [1.807, 2.05) is 12.1 Å². The SMILES string of the molecule is CC(O)(C(=O)Nc1ccc(C#N)nc1)C1CC2CC(c3ccnc4ccc(F)cc34)CC2C1. The predicted octanol–water partition coefficient (Wildman–Crippen LogP) is 4.55. The van der Waals surface area contributed by atoms with Gasteiger partial charge in [0, 0.05) is 11.6 Å². The second kappa shape index (κ2) is 8.20. The minimum Gasteiger partial charge on any atom is -0.380 e. The van der Waals surface area contributed by atoms with E-state index in [0.29, 0.717) is 23.4 Å². The number of halogens is 1. The van der Waals surface area contributed by atoms with Gasteiger partial charge in [0.05, 0.1) is 17.4 Å². The minimum atomic E-state index is -1.50. The number of hydrogen-bond acceptors (Lipinski definition) is 5. The summed E-state index contributed by atoms with van der Waals surface area (Å²) in [5.41, 5.74) is 1.17.